The van der Waals surface area contributed by atoms with Gasteiger partial charge in [-0.1, -0.05) is 48.2 Å². The molecule has 5 rings (SSSR count). The maximum atomic E-state index is 13.1. The Kier molecular flexibility index (Phi) is 7.37. The molecule has 0 atom stereocenters. The molecule has 0 unspecified atom stereocenters. The number of aryl methyl sites for hydroxylation is 1. The molecule has 0 aliphatic carbocycles. The quantitative estimate of drug-likeness (QED) is 0.260. The lowest BCUT2D eigenvalue weighted by molar-refractivity contribution is 0.0951. The van der Waals surface area contributed by atoms with Crippen LogP contribution in [0.15, 0.2) is 102 Å². The first-order chi connectivity index (χ1) is 18.1. The number of hydrogen-bond donors (Lipinski definition) is 1. The molecule has 1 amide bonds. The number of amides is 1. The number of carbonyl (C=O) groups is 1. The summed E-state index contributed by atoms with van der Waals surface area (Å²) in [5.74, 6) is 0.918. The number of pyridine rings is 1. The van der Waals surface area contributed by atoms with Gasteiger partial charge >= 0.3 is 0 Å². The maximum Gasteiger partial charge on any atom is 0.251 e. The molecule has 0 radical (unpaired) electrons. The second kappa shape index (κ2) is 11.2. The third-order valence-electron chi connectivity index (χ3n) is 5.76. The topological polar surface area (TPSA) is 72.7 Å². The van der Waals surface area contributed by atoms with Crippen LogP contribution in [0, 0.1) is 12.7 Å². The van der Waals surface area contributed by atoms with Gasteiger partial charge in [-0.05, 0) is 72.1 Å². The smallest absolute Gasteiger partial charge is 0.251 e. The van der Waals surface area contributed by atoms with E-state index in [0.29, 0.717) is 17.9 Å². The minimum atomic E-state index is -0.297. The molecule has 37 heavy (non-hydrogen) atoms. The van der Waals surface area contributed by atoms with E-state index in [0.717, 1.165) is 38.9 Å². The Balaban J connectivity index is 1.29. The fraction of sp³-hybridized carbons (Fsp3) is 0.103. The molecule has 1 N–H and O–H groups in total. The fourth-order valence-electron chi connectivity index (χ4n) is 3.83. The van der Waals surface area contributed by atoms with Gasteiger partial charge in [0.15, 0.2) is 11.0 Å². The standard InChI is InChI=1S/C29H24FN5OS/c1-20-4-2-6-26(16-20)35-27(24-5-3-15-31-18-24)33-34-29(35)37-19-22-7-11-23(12-8-22)28(36)32-17-21-9-13-25(30)14-10-21/h2-16,18H,17,19H2,1H3,(H,32,36). The first-order valence-electron chi connectivity index (χ1n) is 11.7. The van der Waals surface area contributed by atoms with Crippen molar-refractivity contribution in [3.8, 4) is 17.1 Å². The lowest BCUT2D eigenvalue weighted by Crippen LogP contribution is -2.22. The molecule has 2 aromatic heterocycles. The van der Waals surface area contributed by atoms with Crippen molar-refractivity contribution < 1.29 is 9.18 Å². The Bertz CT molecular complexity index is 1500. The predicted molar refractivity (Wildman–Crippen MR) is 143 cm³/mol. The van der Waals surface area contributed by atoms with Gasteiger partial charge in [-0.15, -0.1) is 10.2 Å². The van der Waals surface area contributed by atoms with Crippen LogP contribution in [-0.4, -0.2) is 25.7 Å². The van der Waals surface area contributed by atoms with Crippen LogP contribution in [0.1, 0.15) is 27.0 Å². The zero-order valence-corrected chi connectivity index (χ0v) is 21.0. The summed E-state index contributed by atoms with van der Waals surface area (Å²) in [7, 11) is 0. The minimum absolute atomic E-state index is 0.177. The van der Waals surface area contributed by atoms with Gasteiger partial charge in [0.25, 0.3) is 5.91 Å². The van der Waals surface area contributed by atoms with E-state index in [2.05, 4.69) is 39.6 Å². The molecule has 0 saturated carbocycles. The molecular formula is C29H24FN5OS. The van der Waals surface area contributed by atoms with E-state index in [1.54, 1.807) is 36.3 Å². The lowest BCUT2D eigenvalue weighted by atomic mass is 10.1. The van der Waals surface area contributed by atoms with Crippen molar-refractivity contribution in [3.05, 3.63) is 125 Å². The third kappa shape index (κ3) is 5.92. The number of thioether (sulfide) groups is 1. The van der Waals surface area contributed by atoms with Crippen LogP contribution >= 0.6 is 11.8 Å². The lowest BCUT2D eigenvalue weighted by Gasteiger charge is -2.11. The van der Waals surface area contributed by atoms with E-state index in [1.165, 1.54) is 12.1 Å². The van der Waals surface area contributed by atoms with Gasteiger partial charge in [0.1, 0.15) is 5.82 Å². The highest BCUT2D eigenvalue weighted by Gasteiger charge is 2.17. The normalized spacial score (nSPS) is 10.9. The number of rotatable bonds is 8. The molecule has 0 aliphatic heterocycles. The van der Waals surface area contributed by atoms with E-state index in [4.69, 9.17) is 0 Å². The van der Waals surface area contributed by atoms with Crippen molar-refractivity contribution in [2.75, 3.05) is 0 Å². The molecular weight excluding hydrogens is 485 g/mol. The Morgan fingerprint density at radius 1 is 0.946 bits per heavy atom. The summed E-state index contributed by atoms with van der Waals surface area (Å²) in [4.78, 5) is 16.8. The van der Waals surface area contributed by atoms with Gasteiger partial charge in [-0.2, -0.15) is 0 Å². The maximum absolute atomic E-state index is 13.1. The molecule has 0 fully saturated rings. The van der Waals surface area contributed by atoms with Gasteiger partial charge in [0, 0.05) is 41.5 Å². The summed E-state index contributed by atoms with van der Waals surface area (Å²) in [5, 5.41) is 12.6. The molecule has 0 saturated heterocycles. The van der Waals surface area contributed by atoms with Crippen LogP contribution in [0.4, 0.5) is 4.39 Å². The predicted octanol–water partition coefficient (Wildman–Crippen LogP) is 6.00. The molecule has 8 heteroatoms. The second-order valence-corrected chi connectivity index (χ2v) is 9.46. The molecule has 0 spiro atoms. The van der Waals surface area contributed by atoms with E-state index < -0.39 is 0 Å². The summed E-state index contributed by atoms with van der Waals surface area (Å²) in [6.45, 7) is 2.40. The van der Waals surface area contributed by atoms with Crippen LogP contribution < -0.4 is 5.32 Å². The van der Waals surface area contributed by atoms with Gasteiger partial charge in [-0.25, -0.2) is 4.39 Å². The highest BCUT2D eigenvalue weighted by Crippen LogP contribution is 2.30. The Labute approximate surface area is 218 Å². The summed E-state index contributed by atoms with van der Waals surface area (Å²) in [5.41, 5.74) is 5.48. The second-order valence-electron chi connectivity index (χ2n) is 8.52. The monoisotopic (exact) mass is 509 g/mol. The van der Waals surface area contributed by atoms with Crippen LogP contribution in [-0.2, 0) is 12.3 Å². The highest BCUT2D eigenvalue weighted by atomic mass is 32.2. The number of benzene rings is 3. The van der Waals surface area contributed by atoms with Crippen LogP contribution in [0.25, 0.3) is 17.1 Å². The molecule has 0 bridgehead atoms. The minimum Gasteiger partial charge on any atom is -0.348 e. The molecule has 2 heterocycles. The van der Waals surface area contributed by atoms with Crippen molar-refractivity contribution in [1.82, 2.24) is 25.1 Å². The summed E-state index contributed by atoms with van der Waals surface area (Å²) < 4.78 is 15.1. The Morgan fingerprint density at radius 2 is 1.73 bits per heavy atom. The largest absolute Gasteiger partial charge is 0.348 e. The van der Waals surface area contributed by atoms with Crippen LogP contribution in [0.2, 0.25) is 0 Å². The van der Waals surface area contributed by atoms with E-state index in [1.807, 2.05) is 53.1 Å². The number of halogens is 1. The molecule has 5 aromatic rings. The van der Waals surface area contributed by atoms with Gasteiger partial charge < -0.3 is 5.32 Å². The average Bonchev–Trinajstić information content (AvgIpc) is 3.36. The average molecular weight is 510 g/mol. The van der Waals surface area contributed by atoms with E-state index in [9.17, 15) is 9.18 Å². The van der Waals surface area contributed by atoms with Crippen molar-refractivity contribution in [2.45, 2.75) is 24.4 Å². The van der Waals surface area contributed by atoms with Crippen molar-refractivity contribution >= 4 is 17.7 Å². The highest BCUT2D eigenvalue weighted by molar-refractivity contribution is 7.98. The number of nitrogens with one attached hydrogen (secondary N) is 1. The summed E-state index contributed by atoms with van der Waals surface area (Å²) in [6, 6.07) is 25.7. The Morgan fingerprint density at radius 3 is 2.46 bits per heavy atom. The zero-order valence-electron chi connectivity index (χ0n) is 20.1. The van der Waals surface area contributed by atoms with Gasteiger partial charge in [-0.3, -0.25) is 14.3 Å². The molecule has 6 nitrogen and oxygen atoms in total. The first kappa shape index (κ1) is 24.4. The Hall–Kier alpha value is -4.30. The molecule has 184 valence electrons. The molecule has 0 aliphatic rings. The van der Waals surface area contributed by atoms with E-state index in [-0.39, 0.29) is 11.7 Å². The zero-order chi connectivity index (χ0) is 25.6. The SMILES string of the molecule is Cc1cccc(-n2c(SCc3ccc(C(=O)NCc4ccc(F)cc4)cc3)nnc2-c2cccnc2)c1. The number of carbonyl (C=O) groups excluding carboxylic acids is 1. The van der Waals surface area contributed by atoms with Crippen molar-refractivity contribution in [2.24, 2.45) is 0 Å². The number of aromatic nitrogens is 4. The van der Waals surface area contributed by atoms with Crippen molar-refractivity contribution in [1.29, 1.82) is 0 Å². The molecule has 3 aromatic carbocycles. The third-order valence-corrected chi connectivity index (χ3v) is 6.76. The summed E-state index contributed by atoms with van der Waals surface area (Å²) >= 11 is 1.58. The van der Waals surface area contributed by atoms with Crippen LogP contribution in [0.3, 0.4) is 0 Å². The number of hydrogen-bond acceptors (Lipinski definition) is 5. The van der Waals surface area contributed by atoms with Gasteiger partial charge in [0.05, 0.1) is 0 Å². The first-order valence-corrected chi connectivity index (χ1v) is 12.7. The van der Waals surface area contributed by atoms with Crippen LogP contribution in [0.5, 0.6) is 0 Å². The van der Waals surface area contributed by atoms with Gasteiger partial charge in [0.2, 0.25) is 0 Å². The number of nitrogens with zero attached hydrogens (tertiary/aromatic N) is 4. The van der Waals surface area contributed by atoms with Crippen molar-refractivity contribution in [3.63, 3.8) is 0 Å². The summed E-state index contributed by atoms with van der Waals surface area (Å²) in [6.07, 6.45) is 3.52. The fourth-order valence-corrected chi connectivity index (χ4v) is 4.74. The van der Waals surface area contributed by atoms with E-state index >= 15 is 0 Å².